The van der Waals surface area contributed by atoms with Crippen LogP contribution in [0.25, 0.3) is 10.1 Å². The number of carbonyl (C=O) groups is 1. The van der Waals surface area contributed by atoms with Crippen LogP contribution >= 0.6 is 11.3 Å². The molecule has 1 aliphatic rings. The number of carbonyl (C=O) groups excluding carboxylic acids is 1. The first-order valence-corrected chi connectivity index (χ1v) is 9.55. The molecule has 0 aliphatic carbocycles. The van der Waals surface area contributed by atoms with Crippen molar-refractivity contribution in [2.24, 2.45) is 0 Å². The lowest BCUT2D eigenvalue weighted by Crippen LogP contribution is -2.55. The van der Waals surface area contributed by atoms with Gasteiger partial charge >= 0.3 is 0 Å². The first kappa shape index (κ1) is 19.2. The van der Waals surface area contributed by atoms with E-state index < -0.39 is 0 Å². The van der Waals surface area contributed by atoms with E-state index >= 15 is 0 Å². The molecule has 1 aromatic carbocycles. The van der Waals surface area contributed by atoms with Gasteiger partial charge in [0.2, 0.25) is 0 Å². The third kappa shape index (κ3) is 3.91. The van der Waals surface area contributed by atoms with Gasteiger partial charge in [0.1, 0.15) is 5.82 Å². The molecule has 142 valence electrons. The summed E-state index contributed by atoms with van der Waals surface area (Å²) < 4.78 is 25.6. The van der Waals surface area contributed by atoms with Crippen molar-refractivity contribution in [3.8, 4) is 0 Å². The average Bonchev–Trinajstić information content (AvgIpc) is 3.01. The molecule has 3 rings (SSSR count). The molecule has 1 amide bonds. The topological polar surface area (TPSA) is 50.8 Å². The Balaban J connectivity index is 1.79. The molecule has 2 heterocycles. The van der Waals surface area contributed by atoms with Gasteiger partial charge in [-0.1, -0.05) is 6.07 Å². The molecule has 1 N–H and O–H groups in total. The maximum atomic E-state index is 14.3. The molecule has 0 bridgehead atoms. The number of fused-ring (bicyclic) bond motifs is 1. The summed E-state index contributed by atoms with van der Waals surface area (Å²) in [6.45, 7) is 8.07. The van der Waals surface area contributed by atoms with Crippen LogP contribution in [0.2, 0.25) is 0 Å². The predicted octanol–water partition coefficient (Wildman–Crippen LogP) is 3.03. The molecule has 26 heavy (non-hydrogen) atoms. The normalized spacial score (nSPS) is 16.2. The van der Waals surface area contributed by atoms with E-state index in [4.69, 9.17) is 9.47 Å². The number of benzene rings is 1. The van der Waals surface area contributed by atoms with Crippen LogP contribution < -0.4 is 5.32 Å². The van der Waals surface area contributed by atoms with Gasteiger partial charge in [0.15, 0.2) is 0 Å². The monoisotopic (exact) mass is 380 g/mol. The zero-order chi connectivity index (χ0) is 18.7. The molecule has 2 aromatic rings. The van der Waals surface area contributed by atoms with E-state index in [2.05, 4.69) is 24.1 Å². The second-order valence-corrected chi connectivity index (χ2v) is 8.10. The molecule has 0 atom stereocenters. The van der Waals surface area contributed by atoms with Crippen molar-refractivity contribution in [2.45, 2.75) is 26.0 Å². The van der Waals surface area contributed by atoms with Gasteiger partial charge in [0.05, 0.1) is 24.7 Å². The van der Waals surface area contributed by atoms with Gasteiger partial charge in [-0.2, -0.15) is 0 Å². The van der Waals surface area contributed by atoms with Crippen molar-refractivity contribution in [3.05, 3.63) is 34.5 Å². The van der Waals surface area contributed by atoms with Gasteiger partial charge in [-0.15, -0.1) is 11.3 Å². The Morgan fingerprint density at radius 2 is 2.12 bits per heavy atom. The fourth-order valence-electron chi connectivity index (χ4n) is 3.29. The zero-order valence-electron chi connectivity index (χ0n) is 15.4. The summed E-state index contributed by atoms with van der Waals surface area (Å²) in [5.41, 5.74) is 0.440. The Morgan fingerprint density at radius 1 is 1.38 bits per heavy atom. The van der Waals surface area contributed by atoms with E-state index in [-0.39, 0.29) is 23.9 Å². The maximum Gasteiger partial charge on any atom is 0.261 e. The highest BCUT2D eigenvalue weighted by Gasteiger charge is 2.29. The van der Waals surface area contributed by atoms with Gasteiger partial charge < -0.3 is 14.8 Å². The smallest absolute Gasteiger partial charge is 0.261 e. The molecular formula is C19H25FN2O3S. The minimum Gasteiger partial charge on any atom is -0.380 e. The van der Waals surface area contributed by atoms with Crippen LogP contribution in [0.4, 0.5) is 4.39 Å². The van der Waals surface area contributed by atoms with Crippen LogP contribution in [-0.2, 0) is 16.1 Å². The lowest BCUT2D eigenvalue weighted by molar-refractivity contribution is -0.00922. The molecule has 5 nitrogen and oxygen atoms in total. The Kier molecular flexibility index (Phi) is 5.92. The number of nitrogens with one attached hydrogen (secondary N) is 1. The molecule has 7 heteroatoms. The number of amides is 1. The summed E-state index contributed by atoms with van der Waals surface area (Å²) in [5.74, 6) is -0.502. The van der Waals surface area contributed by atoms with E-state index in [9.17, 15) is 9.18 Å². The number of ether oxygens (including phenoxy) is 2. The fraction of sp³-hybridized carbons (Fsp3) is 0.526. The number of methoxy groups -OCH3 is 1. The van der Waals surface area contributed by atoms with Crippen LogP contribution in [0.5, 0.6) is 0 Å². The molecule has 1 aromatic heterocycles. The quantitative estimate of drug-likeness (QED) is 0.837. The molecule has 1 fully saturated rings. The van der Waals surface area contributed by atoms with Crippen molar-refractivity contribution in [2.75, 3.05) is 40.0 Å². The summed E-state index contributed by atoms with van der Waals surface area (Å²) in [6, 6.07) is 4.90. The number of halogens is 1. The first-order chi connectivity index (χ1) is 12.4. The number of morpholine rings is 1. The highest BCUT2D eigenvalue weighted by atomic mass is 32.1. The van der Waals surface area contributed by atoms with E-state index in [1.807, 2.05) is 6.07 Å². The summed E-state index contributed by atoms with van der Waals surface area (Å²) in [5, 5.41) is 3.51. The van der Waals surface area contributed by atoms with E-state index in [1.165, 1.54) is 17.4 Å². The third-order valence-corrected chi connectivity index (χ3v) is 6.00. The summed E-state index contributed by atoms with van der Waals surface area (Å²) in [4.78, 5) is 15.7. The third-order valence-electron chi connectivity index (χ3n) is 4.81. The van der Waals surface area contributed by atoms with Gasteiger partial charge in [-0.05, 0) is 26.0 Å². The molecule has 0 radical (unpaired) electrons. The number of nitrogens with zero attached hydrogens (tertiary/aromatic N) is 1. The van der Waals surface area contributed by atoms with Crippen molar-refractivity contribution < 1.29 is 18.7 Å². The molecular weight excluding hydrogens is 355 g/mol. The standard InChI is InChI=1S/C19H25FN2O3S/c1-19(2,22-7-9-25-10-8-22)12-21-18(23)17-13(11-24-3)16-14(20)5-4-6-15(16)26-17/h4-6H,7-12H2,1-3H3,(H,21,23). The summed E-state index contributed by atoms with van der Waals surface area (Å²) in [6.07, 6.45) is 0. The molecule has 0 spiro atoms. The fourth-order valence-corrected chi connectivity index (χ4v) is 4.43. The largest absolute Gasteiger partial charge is 0.380 e. The Morgan fingerprint density at radius 3 is 2.81 bits per heavy atom. The lowest BCUT2D eigenvalue weighted by Gasteiger charge is -2.40. The van der Waals surface area contributed by atoms with E-state index in [0.717, 1.165) is 17.8 Å². The SMILES string of the molecule is COCc1c(C(=O)NCC(C)(C)N2CCOCC2)sc2cccc(F)c12. The van der Waals surface area contributed by atoms with Crippen LogP contribution in [0.1, 0.15) is 29.1 Å². The van der Waals surface area contributed by atoms with E-state index in [0.29, 0.717) is 35.6 Å². The second kappa shape index (κ2) is 8.00. The molecule has 0 saturated carbocycles. The van der Waals surface area contributed by atoms with Crippen LogP contribution in [0.3, 0.4) is 0 Å². The summed E-state index contributed by atoms with van der Waals surface area (Å²) in [7, 11) is 1.55. The number of rotatable bonds is 6. The highest BCUT2D eigenvalue weighted by Crippen LogP contribution is 2.33. The molecule has 0 unspecified atom stereocenters. The lowest BCUT2D eigenvalue weighted by atomic mass is 10.0. The zero-order valence-corrected chi connectivity index (χ0v) is 16.2. The number of thiophene rings is 1. The molecule has 1 saturated heterocycles. The Labute approximate surface area is 157 Å². The van der Waals surface area contributed by atoms with Crippen LogP contribution in [0.15, 0.2) is 18.2 Å². The first-order valence-electron chi connectivity index (χ1n) is 8.74. The van der Waals surface area contributed by atoms with Gasteiger partial charge in [0, 0.05) is 47.9 Å². The van der Waals surface area contributed by atoms with Gasteiger partial charge in [-0.3, -0.25) is 9.69 Å². The minimum absolute atomic E-state index is 0.178. The number of hydrogen-bond acceptors (Lipinski definition) is 5. The summed E-state index contributed by atoms with van der Waals surface area (Å²) >= 11 is 1.31. The van der Waals surface area contributed by atoms with Crippen LogP contribution in [0, 0.1) is 5.82 Å². The van der Waals surface area contributed by atoms with Crippen molar-refractivity contribution >= 4 is 27.3 Å². The van der Waals surface area contributed by atoms with Gasteiger partial charge in [-0.25, -0.2) is 4.39 Å². The Bertz CT molecular complexity index is 784. The van der Waals surface area contributed by atoms with Crippen molar-refractivity contribution in [1.82, 2.24) is 10.2 Å². The highest BCUT2D eigenvalue weighted by molar-refractivity contribution is 7.21. The number of hydrogen-bond donors (Lipinski definition) is 1. The van der Waals surface area contributed by atoms with Crippen molar-refractivity contribution in [1.29, 1.82) is 0 Å². The average molecular weight is 380 g/mol. The van der Waals surface area contributed by atoms with Gasteiger partial charge in [0.25, 0.3) is 5.91 Å². The minimum atomic E-state index is -0.321. The maximum absolute atomic E-state index is 14.3. The Hall–Kier alpha value is -1.54. The van der Waals surface area contributed by atoms with Crippen LogP contribution in [-0.4, -0.2) is 56.3 Å². The molecule has 1 aliphatic heterocycles. The van der Waals surface area contributed by atoms with E-state index in [1.54, 1.807) is 13.2 Å². The van der Waals surface area contributed by atoms with Crippen molar-refractivity contribution in [3.63, 3.8) is 0 Å². The predicted molar refractivity (Wildman–Crippen MR) is 101 cm³/mol. The second-order valence-electron chi connectivity index (χ2n) is 7.05.